The van der Waals surface area contributed by atoms with Crippen molar-refractivity contribution >= 4 is 0 Å². The Kier molecular flexibility index (Phi) is 7.70. The Labute approximate surface area is 111 Å². The van der Waals surface area contributed by atoms with Gasteiger partial charge in [0.1, 0.15) is 0 Å². The molecule has 0 bridgehead atoms. The molecule has 0 fully saturated rings. The second kappa shape index (κ2) is 9.12. The van der Waals surface area contributed by atoms with Crippen LogP contribution in [0.25, 0.3) is 0 Å². The molecule has 1 unspecified atom stereocenters. The average Bonchev–Trinajstić information content (AvgIpc) is 2.42. The van der Waals surface area contributed by atoms with Crippen LogP contribution >= 0.6 is 0 Å². The second-order valence-electron chi connectivity index (χ2n) is 4.88. The minimum absolute atomic E-state index is 0.387. The van der Waals surface area contributed by atoms with Gasteiger partial charge in [-0.3, -0.25) is 0 Å². The molecule has 0 spiro atoms. The summed E-state index contributed by atoms with van der Waals surface area (Å²) in [7, 11) is 0. The van der Waals surface area contributed by atoms with Crippen LogP contribution in [0, 0.1) is 0 Å². The van der Waals surface area contributed by atoms with Crippen molar-refractivity contribution in [2.75, 3.05) is 13.1 Å². The van der Waals surface area contributed by atoms with E-state index in [0.29, 0.717) is 6.54 Å². The van der Waals surface area contributed by atoms with Crippen molar-refractivity contribution in [3.05, 3.63) is 35.4 Å². The average molecular weight is 249 g/mol. The third-order valence-corrected chi connectivity index (χ3v) is 3.32. The summed E-state index contributed by atoms with van der Waals surface area (Å²) in [5, 5.41) is 13.3. The summed E-state index contributed by atoms with van der Waals surface area (Å²) in [5.74, 6) is 0. The van der Waals surface area contributed by atoms with Crippen molar-refractivity contribution in [1.82, 2.24) is 5.32 Å². The Morgan fingerprint density at radius 1 is 1.06 bits per heavy atom. The smallest absolute Gasteiger partial charge is 0.0914 e. The molecular formula is C16H27NO. The van der Waals surface area contributed by atoms with Crippen molar-refractivity contribution in [1.29, 1.82) is 0 Å². The molecule has 18 heavy (non-hydrogen) atoms. The molecule has 0 radical (unpaired) electrons. The molecule has 2 heteroatoms. The normalized spacial score (nSPS) is 12.6. The molecule has 0 aliphatic rings. The first-order valence-electron chi connectivity index (χ1n) is 7.25. The lowest BCUT2D eigenvalue weighted by Gasteiger charge is -2.12. The predicted octanol–water partition coefficient (Wildman–Crippen LogP) is 3.45. The van der Waals surface area contributed by atoms with Crippen LogP contribution in [-0.2, 0) is 6.42 Å². The Morgan fingerprint density at radius 2 is 1.78 bits per heavy atom. The molecule has 102 valence electrons. The number of nitrogens with one attached hydrogen (secondary N) is 1. The third kappa shape index (κ3) is 5.65. The van der Waals surface area contributed by atoms with Crippen molar-refractivity contribution in [2.45, 2.75) is 52.1 Å². The number of benzene rings is 1. The fourth-order valence-electron chi connectivity index (χ4n) is 2.01. The lowest BCUT2D eigenvalue weighted by molar-refractivity contribution is 0.174. The van der Waals surface area contributed by atoms with Crippen molar-refractivity contribution in [3.63, 3.8) is 0 Å². The maximum atomic E-state index is 10.0. The highest BCUT2D eigenvalue weighted by molar-refractivity contribution is 5.24. The van der Waals surface area contributed by atoms with Gasteiger partial charge in [-0.15, -0.1) is 0 Å². The van der Waals surface area contributed by atoms with Gasteiger partial charge in [0, 0.05) is 6.54 Å². The maximum Gasteiger partial charge on any atom is 0.0914 e. The van der Waals surface area contributed by atoms with Gasteiger partial charge in [0.15, 0.2) is 0 Å². The van der Waals surface area contributed by atoms with Gasteiger partial charge >= 0.3 is 0 Å². The number of hydrogen-bond acceptors (Lipinski definition) is 2. The maximum absolute atomic E-state index is 10.0. The minimum Gasteiger partial charge on any atom is -0.387 e. The lowest BCUT2D eigenvalue weighted by atomic mass is 10.1. The summed E-state index contributed by atoms with van der Waals surface area (Å²) in [6.45, 7) is 6.02. The fraction of sp³-hybridized carbons (Fsp3) is 0.625. The molecule has 1 atom stereocenters. The minimum atomic E-state index is -0.387. The molecular weight excluding hydrogens is 222 g/mol. The summed E-state index contributed by atoms with van der Waals surface area (Å²) >= 11 is 0. The number of aliphatic hydroxyl groups is 1. The Morgan fingerprint density at radius 3 is 2.39 bits per heavy atom. The van der Waals surface area contributed by atoms with E-state index in [1.54, 1.807) is 0 Å². The molecule has 0 saturated heterocycles. The summed E-state index contributed by atoms with van der Waals surface area (Å²) in [5.41, 5.74) is 2.33. The van der Waals surface area contributed by atoms with Crippen LogP contribution in [0.5, 0.6) is 0 Å². The molecule has 1 aromatic carbocycles. The Bertz CT molecular complexity index is 307. The molecule has 1 rings (SSSR count). The van der Waals surface area contributed by atoms with Crippen LogP contribution in [0.2, 0.25) is 0 Å². The number of rotatable bonds is 9. The topological polar surface area (TPSA) is 32.3 Å². The Balaban J connectivity index is 2.21. The first-order valence-corrected chi connectivity index (χ1v) is 7.25. The van der Waals surface area contributed by atoms with Crippen LogP contribution in [0.1, 0.15) is 56.8 Å². The zero-order valence-electron chi connectivity index (χ0n) is 11.8. The number of hydrogen-bond donors (Lipinski definition) is 2. The van der Waals surface area contributed by atoms with E-state index in [1.165, 1.54) is 31.2 Å². The van der Waals surface area contributed by atoms with E-state index in [0.717, 1.165) is 18.5 Å². The highest BCUT2D eigenvalue weighted by Crippen LogP contribution is 2.13. The van der Waals surface area contributed by atoms with Gasteiger partial charge in [0.25, 0.3) is 0 Å². The van der Waals surface area contributed by atoms with E-state index in [9.17, 15) is 5.11 Å². The van der Waals surface area contributed by atoms with Crippen LogP contribution in [-0.4, -0.2) is 18.2 Å². The third-order valence-electron chi connectivity index (χ3n) is 3.32. The van der Waals surface area contributed by atoms with Crippen molar-refractivity contribution < 1.29 is 5.11 Å². The molecule has 2 N–H and O–H groups in total. The standard InChI is InChI=1S/C16H27NO/c1-3-5-6-7-12-17-13-16(18)15-10-8-14(4-2)9-11-15/h8-11,16-18H,3-7,12-13H2,1-2H3. The number of aryl methyl sites for hydroxylation is 1. The van der Waals surface area contributed by atoms with Gasteiger partial charge < -0.3 is 10.4 Å². The van der Waals surface area contributed by atoms with E-state index in [-0.39, 0.29) is 6.10 Å². The monoisotopic (exact) mass is 249 g/mol. The highest BCUT2D eigenvalue weighted by Gasteiger charge is 2.06. The van der Waals surface area contributed by atoms with E-state index in [2.05, 4.69) is 31.3 Å². The summed E-state index contributed by atoms with van der Waals surface area (Å²) in [4.78, 5) is 0. The summed E-state index contributed by atoms with van der Waals surface area (Å²) < 4.78 is 0. The predicted molar refractivity (Wildman–Crippen MR) is 77.8 cm³/mol. The zero-order valence-corrected chi connectivity index (χ0v) is 11.8. The van der Waals surface area contributed by atoms with E-state index in [1.807, 2.05) is 12.1 Å². The van der Waals surface area contributed by atoms with E-state index >= 15 is 0 Å². The highest BCUT2D eigenvalue weighted by atomic mass is 16.3. The van der Waals surface area contributed by atoms with Crippen LogP contribution in [0.3, 0.4) is 0 Å². The SMILES string of the molecule is CCCCCCNCC(O)c1ccc(CC)cc1. The van der Waals surface area contributed by atoms with Crippen LogP contribution in [0.4, 0.5) is 0 Å². The molecule has 0 saturated carbocycles. The van der Waals surface area contributed by atoms with E-state index < -0.39 is 0 Å². The Hall–Kier alpha value is -0.860. The summed E-state index contributed by atoms with van der Waals surface area (Å²) in [6, 6.07) is 8.25. The molecule has 2 nitrogen and oxygen atoms in total. The number of unbranched alkanes of at least 4 members (excludes halogenated alkanes) is 3. The molecule has 0 aliphatic carbocycles. The van der Waals surface area contributed by atoms with Gasteiger partial charge in [-0.1, -0.05) is 57.4 Å². The molecule has 0 aromatic heterocycles. The molecule has 0 amide bonds. The van der Waals surface area contributed by atoms with Gasteiger partial charge in [-0.25, -0.2) is 0 Å². The number of aliphatic hydroxyl groups excluding tert-OH is 1. The summed E-state index contributed by atoms with van der Waals surface area (Å²) in [6.07, 6.45) is 5.73. The zero-order chi connectivity index (χ0) is 13.2. The van der Waals surface area contributed by atoms with E-state index in [4.69, 9.17) is 0 Å². The van der Waals surface area contributed by atoms with Crippen LogP contribution < -0.4 is 5.32 Å². The molecule has 0 heterocycles. The second-order valence-corrected chi connectivity index (χ2v) is 4.88. The molecule has 1 aromatic rings. The molecule has 0 aliphatic heterocycles. The quantitative estimate of drug-likeness (QED) is 0.657. The first kappa shape index (κ1) is 15.2. The van der Waals surface area contributed by atoms with Gasteiger partial charge in [0.2, 0.25) is 0 Å². The largest absolute Gasteiger partial charge is 0.387 e. The van der Waals surface area contributed by atoms with Crippen molar-refractivity contribution in [2.24, 2.45) is 0 Å². The van der Waals surface area contributed by atoms with Crippen molar-refractivity contribution in [3.8, 4) is 0 Å². The van der Waals surface area contributed by atoms with Gasteiger partial charge in [-0.2, -0.15) is 0 Å². The van der Waals surface area contributed by atoms with Gasteiger partial charge in [0.05, 0.1) is 6.10 Å². The van der Waals surface area contributed by atoms with Crippen LogP contribution in [0.15, 0.2) is 24.3 Å². The fourth-order valence-corrected chi connectivity index (χ4v) is 2.01. The lowest BCUT2D eigenvalue weighted by Crippen LogP contribution is -2.22. The first-order chi connectivity index (χ1) is 8.77. The van der Waals surface area contributed by atoms with Gasteiger partial charge in [-0.05, 0) is 30.5 Å².